The number of benzene rings is 3. The number of hydrogen-bond donors (Lipinski definition) is 2. The van der Waals surface area contributed by atoms with Gasteiger partial charge in [-0.2, -0.15) is 13.2 Å². The maximum atomic E-state index is 14.2. The zero-order valence-corrected chi connectivity index (χ0v) is 25.0. The van der Waals surface area contributed by atoms with Crippen LogP contribution < -0.4 is 29.7 Å². The monoisotopic (exact) mass is 622 g/mol. The third kappa shape index (κ3) is 7.22. The molecule has 1 fully saturated rings. The molecule has 0 atom stereocenters. The number of carbonyl (C=O) groups excluding carboxylic acids is 2. The number of pyridine rings is 1. The van der Waals surface area contributed by atoms with E-state index in [1.54, 1.807) is 60.5 Å². The average Bonchev–Trinajstić information content (AvgIpc) is 3.04. The number of nitrogens with one attached hydrogen (secondary N) is 2. The first-order valence-corrected chi connectivity index (χ1v) is 14.4. The van der Waals surface area contributed by atoms with Crippen LogP contribution in [-0.4, -0.2) is 50.1 Å². The molecule has 2 N–H and O–H groups in total. The van der Waals surface area contributed by atoms with E-state index in [-0.39, 0.29) is 23.2 Å². The van der Waals surface area contributed by atoms with Gasteiger partial charge in [-0.3, -0.25) is 14.6 Å². The molecule has 0 bridgehead atoms. The van der Waals surface area contributed by atoms with E-state index in [1.807, 2.05) is 0 Å². The number of anilines is 2. The van der Waals surface area contributed by atoms with Crippen molar-refractivity contribution in [1.82, 2.24) is 10.3 Å². The molecule has 0 spiro atoms. The first-order valence-electron chi connectivity index (χ1n) is 14.4. The highest BCUT2D eigenvalue weighted by Crippen LogP contribution is 2.39. The maximum Gasteiger partial charge on any atom is 0.418 e. The molecule has 1 saturated heterocycles. The number of aromatic nitrogens is 1. The minimum atomic E-state index is -4.67. The molecule has 1 aliphatic heterocycles. The Bertz CT molecular complexity index is 1700. The quantitative estimate of drug-likeness (QED) is 0.212. The van der Waals surface area contributed by atoms with Gasteiger partial charge in [-0.05, 0) is 55.3 Å². The van der Waals surface area contributed by atoms with Gasteiger partial charge in [-0.1, -0.05) is 13.0 Å². The topological polar surface area (TPSA) is 102 Å². The third-order valence-corrected chi connectivity index (χ3v) is 7.61. The third-order valence-electron chi connectivity index (χ3n) is 7.61. The fourth-order valence-electron chi connectivity index (χ4n) is 5.28. The van der Waals surface area contributed by atoms with E-state index in [4.69, 9.17) is 14.2 Å². The Labute approximate surface area is 258 Å². The van der Waals surface area contributed by atoms with E-state index < -0.39 is 17.6 Å². The lowest BCUT2D eigenvalue weighted by Crippen LogP contribution is -2.45. The molecule has 2 amide bonds. The Morgan fingerprint density at radius 3 is 2.38 bits per heavy atom. The number of carbonyl (C=O) groups is 2. The van der Waals surface area contributed by atoms with E-state index in [2.05, 4.69) is 15.6 Å². The molecule has 45 heavy (non-hydrogen) atoms. The van der Waals surface area contributed by atoms with Gasteiger partial charge < -0.3 is 29.7 Å². The Hall–Kier alpha value is -5.00. The summed E-state index contributed by atoms with van der Waals surface area (Å²) in [5.41, 5.74) is -0.0628. The van der Waals surface area contributed by atoms with E-state index in [1.165, 1.54) is 26.4 Å². The molecule has 5 rings (SSSR count). The molecule has 0 unspecified atom stereocenters. The average molecular weight is 623 g/mol. The number of ether oxygens (including phenoxy) is 3. The molecule has 236 valence electrons. The molecule has 3 aromatic carbocycles. The number of piperidine rings is 1. The smallest absolute Gasteiger partial charge is 0.418 e. The normalized spacial score (nSPS) is 13.8. The molecule has 12 heteroatoms. The van der Waals surface area contributed by atoms with Crippen LogP contribution in [0.1, 0.15) is 42.1 Å². The molecule has 0 aliphatic carbocycles. The number of rotatable bonds is 9. The van der Waals surface area contributed by atoms with Gasteiger partial charge >= 0.3 is 6.18 Å². The van der Waals surface area contributed by atoms with Crippen LogP contribution in [-0.2, 0) is 11.0 Å². The van der Waals surface area contributed by atoms with Crippen molar-refractivity contribution < 1.29 is 37.0 Å². The van der Waals surface area contributed by atoms with Crippen molar-refractivity contribution in [2.75, 3.05) is 37.5 Å². The standard InChI is InChI=1S/C33H33F3N4O5/c1-4-31(41)38-21-11-14-40(15-12-21)27-9-8-20(16-25(27)33(34,35)36)32(42)39-22-6-5-7-23(17-22)45-28-10-13-37-26-19-30(44-3)29(43-2)18-24(26)28/h5-10,13,16-19,21H,4,11-12,14-15H2,1-3H3,(H,38,41)(H,39,42). The van der Waals surface area contributed by atoms with Gasteiger partial charge in [0.15, 0.2) is 11.5 Å². The summed E-state index contributed by atoms with van der Waals surface area (Å²) in [6, 6.07) is 15.2. The number of hydrogen-bond acceptors (Lipinski definition) is 7. The highest BCUT2D eigenvalue weighted by atomic mass is 19.4. The number of amides is 2. The lowest BCUT2D eigenvalue weighted by atomic mass is 10.0. The van der Waals surface area contributed by atoms with Crippen LogP contribution in [0, 0.1) is 0 Å². The zero-order valence-electron chi connectivity index (χ0n) is 25.0. The SMILES string of the molecule is CCC(=O)NC1CCN(c2ccc(C(=O)Nc3cccc(Oc4ccnc5cc(OC)c(OC)cc45)c3)cc2C(F)(F)F)CC1. The second-order valence-electron chi connectivity index (χ2n) is 10.5. The summed E-state index contributed by atoms with van der Waals surface area (Å²) in [4.78, 5) is 30.8. The number of nitrogens with zero attached hydrogens (tertiary/aromatic N) is 2. The van der Waals surface area contributed by atoms with Crippen LogP contribution in [0.4, 0.5) is 24.5 Å². The summed E-state index contributed by atoms with van der Waals surface area (Å²) in [6.45, 7) is 2.45. The van der Waals surface area contributed by atoms with Crippen LogP contribution in [0.2, 0.25) is 0 Å². The van der Waals surface area contributed by atoms with Crippen molar-refractivity contribution >= 4 is 34.1 Å². The van der Waals surface area contributed by atoms with Crippen molar-refractivity contribution in [1.29, 1.82) is 0 Å². The van der Waals surface area contributed by atoms with Crippen LogP contribution in [0.5, 0.6) is 23.0 Å². The van der Waals surface area contributed by atoms with Gasteiger partial charge in [0.2, 0.25) is 5.91 Å². The van der Waals surface area contributed by atoms with E-state index in [0.29, 0.717) is 71.9 Å². The number of methoxy groups -OCH3 is 2. The summed E-state index contributed by atoms with van der Waals surface area (Å²) >= 11 is 0. The molecule has 9 nitrogen and oxygen atoms in total. The molecule has 4 aromatic rings. The van der Waals surface area contributed by atoms with E-state index >= 15 is 0 Å². The predicted octanol–water partition coefficient (Wildman–Crippen LogP) is 6.81. The van der Waals surface area contributed by atoms with Crippen molar-refractivity contribution in [3.8, 4) is 23.0 Å². The first-order chi connectivity index (χ1) is 21.6. The highest BCUT2D eigenvalue weighted by Gasteiger charge is 2.36. The molecular formula is C33H33F3N4O5. The Balaban J connectivity index is 1.32. The Kier molecular flexibility index (Phi) is 9.31. The van der Waals surface area contributed by atoms with Gasteiger partial charge in [0, 0.05) is 66.2 Å². The Morgan fingerprint density at radius 1 is 0.956 bits per heavy atom. The molecule has 1 aliphatic rings. The van der Waals surface area contributed by atoms with Gasteiger partial charge in [-0.25, -0.2) is 0 Å². The van der Waals surface area contributed by atoms with Crippen LogP contribution in [0.3, 0.4) is 0 Å². The number of alkyl halides is 3. The molecule has 1 aromatic heterocycles. The van der Waals surface area contributed by atoms with Crippen molar-refractivity contribution in [3.63, 3.8) is 0 Å². The number of fused-ring (bicyclic) bond motifs is 1. The highest BCUT2D eigenvalue weighted by molar-refractivity contribution is 6.04. The summed E-state index contributed by atoms with van der Waals surface area (Å²) < 4.78 is 59.4. The summed E-state index contributed by atoms with van der Waals surface area (Å²) in [5.74, 6) is 1.11. The lowest BCUT2D eigenvalue weighted by molar-refractivity contribution is -0.137. The largest absolute Gasteiger partial charge is 0.493 e. The molecule has 0 saturated carbocycles. The molecule has 2 heterocycles. The maximum absolute atomic E-state index is 14.2. The first kappa shape index (κ1) is 31.4. The zero-order chi connectivity index (χ0) is 32.1. The van der Waals surface area contributed by atoms with E-state index in [0.717, 1.165) is 6.07 Å². The second kappa shape index (κ2) is 13.3. The summed E-state index contributed by atoms with van der Waals surface area (Å²) in [7, 11) is 3.06. The van der Waals surface area contributed by atoms with Crippen LogP contribution in [0.15, 0.2) is 66.9 Å². The molecule has 0 radical (unpaired) electrons. The summed E-state index contributed by atoms with van der Waals surface area (Å²) in [6.07, 6.45) is -1.68. The van der Waals surface area contributed by atoms with Gasteiger partial charge in [0.05, 0.1) is 25.3 Å². The van der Waals surface area contributed by atoms with Crippen LogP contribution in [0.25, 0.3) is 10.9 Å². The van der Waals surface area contributed by atoms with Crippen molar-refractivity contribution in [2.45, 2.75) is 38.4 Å². The molecular weight excluding hydrogens is 589 g/mol. The van der Waals surface area contributed by atoms with Crippen molar-refractivity contribution in [3.05, 3.63) is 78.0 Å². The minimum absolute atomic E-state index is 0.00791. The second-order valence-corrected chi connectivity index (χ2v) is 10.5. The Morgan fingerprint density at radius 2 is 1.69 bits per heavy atom. The predicted molar refractivity (Wildman–Crippen MR) is 164 cm³/mol. The fraction of sp³-hybridized carbons (Fsp3) is 0.303. The van der Waals surface area contributed by atoms with Crippen LogP contribution >= 0.6 is 0 Å². The van der Waals surface area contributed by atoms with E-state index in [9.17, 15) is 22.8 Å². The minimum Gasteiger partial charge on any atom is -0.493 e. The lowest BCUT2D eigenvalue weighted by Gasteiger charge is -2.35. The van der Waals surface area contributed by atoms with Gasteiger partial charge in [-0.15, -0.1) is 0 Å². The van der Waals surface area contributed by atoms with Crippen molar-refractivity contribution in [2.24, 2.45) is 0 Å². The summed E-state index contributed by atoms with van der Waals surface area (Å²) in [5, 5.41) is 6.24. The van der Waals surface area contributed by atoms with Gasteiger partial charge in [0.25, 0.3) is 5.91 Å². The fourth-order valence-corrected chi connectivity index (χ4v) is 5.28. The van der Waals surface area contributed by atoms with Gasteiger partial charge in [0.1, 0.15) is 11.5 Å². The number of halogens is 3.